The summed E-state index contributed by atoms with van der Waals surface area (Å²) in [6, 6.07) is 14.6. The predicted octanol–water partition coefficient (Wildman–Crippen LogP) is 3.23. The average molecular weight is 448 g/mol. The molecule has 0 aliphatic carbocycles. The first-order valence-corrected chi connectivity index (χ1v) is 11.5. The smallest absolute Gasteiger partial charge is 0.191 e. The molecule has 8 heteroatoms. The molecular weight excluding hydrogens is 414 g/mol. The first-order valence-electron chi connectivity index (χ1n) is 11.5. The van der Waals surface area contributed by atoms with Crippen LogP contribution in [0.4, 0.5) is 5.69 Å². The number of aliphatic imine (C=N–C) groups is 1. The van der Waals surface area contributed by atoms with Crippen LogP contribution in [0.3, 0.4) is 0 Å². The molecule has 0 bridgehead atoms. The van der Waals surface area contributed by atoms with E-state index >= 15 is 0 Å². The molecule has 3 heterocycles. The van der Waals surface area contributed by atoms with Gasteiger partial charge in [0.25, 0.3) is 0 Å². The number of pyridine rings is 1. The molecule has 1 aromatic carbocycles. The highest BCUT2D eigenvalue weighted by Gasteiger charge is 2.25. The maximum atomic E-state index is 5.53. The lowest BCUT2D eigenvalue weighted by atomic mass is 10.2. The molecule has 4 rings (SSSR count). The third kappa shape index (κ3) is 5.45. The number of guanidine groups is 1. The molecule has 3 aromatic rings. The van der Waals surface area contributed by atoms with Crippen molar-refractivity contribution in [1.29, 1.82) is 0 Å². The van der Waals surface area contributed by atoms with Gasteiger partial charge >= 0.3 is 0 Å². The summed E-state index contributed by atoms with van der Waals surface area (Å²) in [5, 5.41) is 11.5. The Morgan fingerprint density at radius 1 is 1.21 bits per heavy atom. The van der Waals surface area contributed by atoms with Gasteiger partial charge in [-0.1, -0.05) is 18.2 Å². The lowest BCUT2D eigenvalue weighted by molar-refractivity contribution is 0.415. The third-order valence-corrected chi connectivity index (χ3v) is 5.75. The number of nitrogens with one attached hydrogen (secondary N) is 2. The number of methoxy groups -OCH3 is 1. The van der Waals surface area contributed by atoms with Gasteiger partial charge in [-0.25, -0.2) is 14.7 Å². The van der Waals surface area contributed by atoms with E-state index in [1.165, 1.54) is 0 Å². The van der Waals surface area contributed by atoms with E-state index in [2.05, 4.69) is 50.7 Å². The molecule has 0 spiro atoms. The second kappa shape index (κ2) is 10.4. The Kier molecular flexibility index (Phi) is 7.12. The fourth-order valence-electron chi connectivity index (χ4n) is 4.17. The molecule has 2 N–H and O–H groups in total. The number of hydrogen-bond acceptors (Lipinski definition) is 5. The third-order valence-electron chi connectivity index (χ3n) is 5.75. The maximum Gasteiger partial charge on any atom is 0.191 e. The van der Waals surface area contributed by atoms with Crippen molar-refractivity contribution in [2.24, 2.45) is 4.99 Å². The van der Waals surface area contributed by atoms with Gasteiger partial charge in [0.15, 0.2) is 11.8 Å². The van der Waals surface area contributed by atoms with Crippen LogP contribution in [0, 0.1) is 13.8 Å². The lowest BCUT2D eigenvalue weighted by Crippen LogP contribution is -2.44. The SMILES string of the molecule is CCNC(=NCc1ccc(-n2nc(C)cc2C)nc1)NC1CCN(c2ccccc2OC)C1. The van der Waals surface area contributed by atoms with Gasteiger partial charge in [0, 0.05) is 37.6 Å². The molecule has 1 atom stereocenters. The van der Waals surface area contributed by atoms with E-state index in [0.717, 1.165) is 66.2 Å². The van der Waals surface area contributed by atoms with Gasteiger partial charge in [0.05, 0.1) is 25.0 Å². The molecular formula is C25H33N7O. The summed E-state index contributed by atoms with van der Waals surface area (Å²) in [6.07, 6.45) is 2.92. The van der Waals surface area contributed by atoms with Gasteiger partial charge in [-0.3, -0.25) is 0 Å². The molecule has 33 heavy (non-hydrogen) atoms. The van der Waals surface area contributed by atoms with E-state index in [-0.39, 0.29) is 0 Å². The number of rotatable bonds is 7. The highest BCUT2D eigenvalue weighted by atomic mass is 16.5. The molecule has 1 saturated heterocycles. The van der Waals surface area contributed by atoms with E-state index in [4.69, 9.17) is 9.73 Å². The summed E-state index contributed by atoms with van der Waals surface area (Å²) in [4.78, 5) is 11.7. The van der Waals surface area contributed by atoms with Crippen LogP contribution in [0.15, 0.2) is 53.7 Å². The molecule has 1 aliphatic heterocycles. The normalized spacial score (nSPS) is 16.2. The monoisotopic (exact) mass is 447 g/mol. The van der Waals surface area contributed by atoms with Crippen LogP contribution >= 0.6 is 0 Å². The molecule has 1 aliphatic rings. The second-order valence-corrected chi connectivity index (χ2v) is 8.31. The van der Waals surface area contributed by atoms with Crippen molar-refractivity contribution in [3.05, 3.63) is 65.6 Å². The van der Waals surface area contributed by atoms with Gasteiger partial charge in [0.2, 0.25) is 0 Å². The number of benzene rings is 1. The van der Waals surface area contributed by atoms with Crippen molar-refractivity contribution in [3.63, 3.8) is 0 Å². The maximum absolute atomic E-state index is 5.53. The van der Waals surface area contributed by atoms with E-state index in [1.54, 1.807) is 7.11 Å². The summed E-state index contributed by atoms with van der Waals surface area (Å²) in [5.74, 6) is 2.56. The quantitative estimate of drug-likeness (QED) is 0.428. The van der Waals surface area contributed by atoms with Gasteiger partial charge < -0.3 is 20.3 Å². The Morgan fingerprint density at radius 3 is 2.76 bits per heavy atom. The zero-order valence-corrected chi connectivity index (χ0v) is 19.9. The molecule has 0 saturated carbocycles. The topological polar surface area (TPSA) is 79.6 Å². The highest BCUT2D eigenvalue weighted by molar-refractivity contribution is 5.80. The molecule has 1 fully saturated rings. The van der Waals surface area contributed by atoms with Crippen LogP contribution in [0.5, 0.6) is 5.75 Å². The Balaban J connectivity index is 1.38. The van der Waals surface area contributed by atoms with Crippen LogP contribution in [0.1, 0.15) is 30.3 Å². The number of ether oxygens (including phenoxy) is 1. The first-order chi connectivity index (χ1) is 16.1. The van der Waals surface area contributed by atoms with Crippen LogP contribution in [0.25, 0.3) is 5.82 Å². The lowest BCUT2D eigenvalue weighted by Gasteiger charge is -2.22. The standard InChI is InChI=1S/C25H33N7O/c1-5-26-25(29-21-12-13-31(17-21)22-8-6-7-9-23(22)33-4)28-16-20-10-11-24(27-15-20)32-19(3)14-18(2)30-32/h6-11,14-15,21H,5,12-13,16-17H2,1-4H3,(H2,26,28,29). The predicted molar refractivity (Wildman–Crippen MR) is 132 cm³/mol. The number of aromatic nitrogens is 3. The molecule has 0 radical (unpaired) electrons. The van der Waals surface area contributed by atoms with Crippen LogP contribution < -0.4 is 20.3 Å². The fraction of sp³-hybridized carbons (Fsp3) is 0.400. The summed E-state index contributed by atoms with van der Waals surface area (Å²) >= 11 is 0. The summed E-state index contributed by atoms with van der Waals surface area (Å²) in [7, 11) is 1.72. The van der Waals surface area contributed by atoms with E-state index in [9.17, 15) is 0 Å². The first kappa shape index (κ1) is 22.6. The van der Waals surface area contributed by atoms with Crippen LogP contribution in [-0.4, -0.2) is 53.5 Å². The average Bonchev–Trinajstić information content (AvgIpc) is 3.43. The van der Waals surface area contributed by atoms with Crippen LogP contribution in [0.2, 0.25) is 0 Å². The van der Waals surface area contributed by atoms with Gasteiger partial charge in [-0.15, -0.1) is 0 Å². The highest BCUT2D eigenvalue weighted by Crippen LogP contribution is 2.30. The minimum Gasteiger partial charge on any atom is -0.495 e. The number of nitrogens with zero attached hydrogens (tertiary/aromatic N) is 5. The van der Waals surface area contributed by atoms with E-state index in [0.29, 0.717) is 12.6 Å². The van der Waals surface area contributed by atoms with Gasteiger partial charge in [-0.2, -0.15) is 5.10 Å². The summed E-state index contributed by atoms with van der Waals surface area (Å²) in [5.41, 5.74) is 4.25. The largest absolute Gasteiger partial charge is 0.495 e. The van der Waals surface area contributed by atoms with Gasteiger partial charge in [-0.05, 0) is 57.0 Å². The number of para-hydroxylation sites is 2. The Labute approximate surface area is 195 Å². The van der Waals surface area contributed by atoms with E-state index in [1.807, 2.05) is 49.0 Å². The van der Waals surface area contributed by atoms with Crippen LogP contribution in [-0.2, 0) is 6.54 Å². The molecule has 174 valence electrons. The van der Waals surface area contributed by atoms with Crippen molar-refractivity contribution in [1.82, 2.24) is 25.4 Å². The molecule has 8 nitrogen and oxygen atoms in total. The Bertz CT molecular complexity index is 1090. The van der Waals surface area contributed by atoms with Gasteiger partial charge in [0.1, 0.15) is 5.75 Å². The second-order valence-electron chi connectivity index (χ2n) is 8.31. The Morgan fingerprint density at radius 2 is 2.06 bits per heavy atom. The number of aryl methyl sites for hydroxylation is 2. The van der Waals surface area contributed by atoms with E-state index < -0.39 is 0 Å². The summed E-state index contributed by atoms with van der Waals surface area (Å²) < 4.78 is 7.40. The molecule has 1 unspecified atom stereocenters. The molecule has 0 amide bonds. The Hall–Kier alpha value is -3.55. The molecule has 2 aromatic heterocycles. The zero-order valence-electron chi connectivity index (χ0n) is 19.9. The number of hydrogen-bond donors (Lipinski definition) is 2. The van der Waals surface area contributed by atoms with Crippen molar-refractivity contribution >= 4 is 11.6 Å². The van der Waals surface area contributed by atoms with Crippen molar-refractivity contribution in [2.45, 2.75) is 39.8 Å². The minimum absolute atomic E-state index is 0.319. The minimum atomic E-state index is 0.319. The van der Waals surface area contributed by atoms with Crippen molar-refractivity contribution in [3.8, 4) is 11.6 Å². The summed E-state index contributed by atoms with van der Waals surface area (Å²) in [6.45, 7) is 9.36. The van der Waals surface area contributed by atoms with Crippen molar-refractivity contribution < 1.29 is 4.74 Å². The fourth-order valence-corrected chi connectivity index (χ4v) is 4.17. The van der Waals surface area contributed by atoms with Crippen molar-refractivity contribution in [2.75, 3.05) is 31.6 Å². The number of anilines is 1. The zero-order chi connectivity index (χ0) is 23.2.